The maximum Gasteiger partial charge on any atom is 0.225 e. The molecule has 0 spiro atoms. The number of nitrogens with zero attached hydrogens (tertiary/aromatic N) is 1. The second-order valence-corrected chi connectivity index (χ2v) is 2.85. The molecule has 3 nitrogen and oxygen atoms in total. The number of amides is 1. The van der Waals surface area contributed by atoms with Crippen molar-refractivity contribution in [3.63, 3.8) is 0 Å². The summed E-state index contributed by atoms with van der Waals surface area (Å²) in [6, 6.07) is 8.35. The van der Waals surface area contributed by atoms with Gasteiger partial charge in [0, 0.05) is 0 Å². The van der Waals surface area contributed by atoms with Crippen LogP contribution >= 0.6 is 12.1 Å². The lowest BCUT2D eigenvalue weighted by molar-refractivity contribution is -0.106. The number of nitrogens with one attached hydrogen (secondary N) is 1. The van der Waals surface area contributed by atoms with Crippen LogP contribution in [-0.4, -0.2) is 6.41 Å². The molecular weight excluding hydrogens is 160 g/mol. The number of fused-ring (bicyclic) bond motifs is 1. The van der Waals surface area contributed by atoms with Crippen molar-refractivity contribution in [2.75, 3.05) is 9.03 Å². The Morgan fingerprint density at radius 3 is 3.45 bits per heavy atom. The van der Waals surface area contributed by atoms with Crippen molar-refractivity contribution >= 4 is 29.9 Å². The fourth-order valence-corrected chi connectivity index (χ4v) is 1.58. The molecule has 1 heterocycles. The summed E-state index contributed by atoms with van der Waals surface area (Å²) in [5.41, 5.74) is 1.83. The highest BCUT2D eigenvalue weighted by Gasteiger charge is 2.17. The molecule has 1 aliphatic heterocycles. The van der Waals surface area contributed by atoms with Gasteiger partial charge >= 0.3 is 0 Å². The third kappa shape index (κ3) is 0.952. The highest BCUT2D eigenvalue weighted by atomic mass is 32.2. The molecule has 0 atom stereocenters. The summed E-state index contributed by atoms with van der Waals surface area (Å²) >= 11 is 1.27. The van der Waals surface area contributed by atoms with Crippen molar-refractivity contribution in [3.8, 4) is 0 Å². The van der Waals surface area contributed by atoms with Gasteiger partial charge in [-0.1, -0.05) is 6.07 Å². The summed E-state index contributed by atoms with van der Waals surface area (Å²) in [5.74, 6) is 0. The van der Waals surface area contributed by atoms with E-state index in [1.165, 1.54) is 16.4 Å². The van der Waals surface area contributed by atoms with Crippen LogP contribution in [0.25, 0.3) is 0 Å². The molecule has 55 valence electrons. The first-order chi connectivity index (χ1) is 5.42. The van der Waals surface area contributed by atoms with E-state index < -0.39 is 0 Å². The molecule has 1 amide bonds. The largest absolute Gasteiger partial charge is 0.310 e. The summed E-state index contributed by atoms with van der Waals surface area (Å²) in [7, 11) is 0. The Labute approximate surface area is 68.7 Å². The van der Waals surface area contributed by atoms with Crippen LogP contribution in [0.5, 0.6) is 0 Å². The number of carbonyl (C=O) groups excluding carboxylic acids is 1. The predicted octanol–water partition coefficient (Wildman–Crippen LogP) is 1.44. The number of benzene rings is 1. The number of rotatable bonds is 1. The standard InChI is InChI=1S/C7H5N2OS/c10-5-9-7-4-2-1-3-6(7)8-11-9/h2-5,8H. The van der Waals surface area contributed by atoms with Gasteiger partial charge in [-0.15, -0.1) is 0 Å². The molecule has 1 aliphatic rings. The van der Waals surface area contributed by atoms with Crippen molar-refractivity contribution in [2.24, 2.45) is 0 Å². The maximum atomic E-state index is 10.4. The Balaban J connectivity index is 2.46. The monoisotopic (exact) mass is 165 g/mol. The van der Waals surface area contributed by atoms with Crippen LogP contribution in [0.2, 0.25) is 0 Å². The van der Waals surface area contributed by atoms with Crippen molar-refractivity contribution in [1.82, 2.24) is 0 Å². The summed E-state index contributed by atoms with van der Waals surface area (Å²) < 4.78 is 4.51. The van der Waals surface area contributed by atoms with E-state index in [4.69, 9.17) is 0 Å². The lowest BCUT2D eigenvalue weighted by Gasteiger charge is -2.03. The molecule has 0 aliphatic carbocycles. The van der Waals surface area contributed by atoms with Crippen LogP contribution in [0.1, 0.15) is 0 Å². The lowest BCUT2D eigenvalue weighted by atomic mass is 10.3. The van der Waals surface area contributed by atoms with Gasteiger partial charge in [0.1, 0.15) is 0 Å². The highest BCUT2D eigenvalue weighted by molar-refractivity contribution is 8.03. The molecule has 0 saturated carbocycles. The second kappa shape index (κ2) is 2.47. The van der Waals surface area contributed by atoms with Crippen LogP contribution in [-0.2, 0) is 4.79 Å². The van der Waals surface area contributed by atoms with Crippen LogP contribution in [0, 0.1) is 6.07 Å². The smallest absolute Gasteiger partial charge is 0.225 e. The average Bonchev–Trinajstić information content (AvgIpc) is 2.47. The first-order valence-corrected chi connectivity index (χ1v) is 3.87. The summed E-state index contributed by atoms with van der Waals surface area (Å²) in [5, 5.41) is 0. The quantitative estimate of drug-likeness (QED) is 0.504. The van der Waals surface area contributed by atoms with Crippen LogP contribution < -0.4 is 9.03 Å². The SMILES string of the molecule is O=CN1SNc2c[c]ccc21. The van der Waals surface area contributed by atoms with Crippen molar-refractivity contribution in [1.29, 1.82) is 0 Å². The molecule has 0 fully saturated rings. The van der Waals surface area contributed by atoms with Crippen molar-refractivity contribution < 1.29 is 4.79 Å². The van der Waals surface area contributed by atoms with E-state index in [1.807, 2.05) is 12.1 Å². The van der Waals surface area contributed by atoms with E-state index >= 15 is 0 Å². The fraction of sp³-hybridized carbons (Fsp3) is 0. The summed E-state index contributed by atoms with van der Waals surface area (Å²) in [6.45, 7) is 0. The van der Waals surface area contributed by atoms with E-state index in [2.05, 4.69) is 10.8 Å². The van der Waals surface area contributed by atoms with Crippen LogP contribution in [0.15, 0.2) is 18.2 Å². The highest BCUT2D eigenvalue weighted by Crippen LogP contribution is 2.36. The van der Waals surface area contributed by atoms with E-state index in [0.717, 1.165) is 17.8 Å². The Kier molecular flexibility index (Phi) is 1.47. The van der Waals surface area contributed by atoms with E-state index in [-0.39, 0.29) is 0 Å². The van der Waals surface area contributed by atoms with Crippen LogP contribution in [0.4, 0.5) is 11.4 Å². The molecule has 0 aromatic heterocycles. The number of carbonyl (C=O) groups is 1. The van der Waals surface area contributed by atoms with E-state index in [0.29, 0.717) is 0 Å². The molecule has 1 aromatic carbocycles. The molecule has 0 bridgehead atoms. The maximum absolute atomic E-state index is 10.4. The minimum atomic E-state index is 0.781. The zero-order chi connectivity index (χ0) is 7.68. The summed E-state index contributed by atoms with van der Waals surface area (Å²) in [6.07, 6.45) is 0.781. The minimum Gasteiger partial charge on any atom is -0.310 e. The molecule has 0 saturated heterocycles. The van der Waals surface area contributed by atoms with Gasteiger partial charge in [0.25, 0.3) is 0 Å². The van der Waals surface area contributed by atoms with E-state index in [1.54, 1.807) is 6.07 Å². The Hall–Kier alpha value is -1.16. The fourth-order valence-electron chi connectivity index (χ4n) is 0.922. The third-order valence-electron chi connectivity index (χ3n) is 1.43. The van der Waals surface area contributed by atoms with Gasteiger partial charge in [-0.25, -0.2) is 4.31 Å². The first-order valence-electron chi connectivity index (χ1n) is 3.09. The number of hydrogen-bond acceptors (Lipinski definition) is 3. The predicted molar refractivity (Wildman–Crippen MR) is 45.0 cm³/mol. The molecule has 1 N–H and O–H groups in total. The molecular formula is C7H5N2OS. The van der Waals surface area contributed by atoms with Crippen molar-refractivity contribution in [2.45, 2.75) is 0 Å². The van der Waals surface area contributed by atoms with Gasteiger partial charge in [0.15, 0.2) is 0 Å². The van der Waals surface area contributed by atoms with Gasteiger partial charge in [-0.05, 0) is 18.2 Å². The zero-order valence-electron chi connectivity index (χ0n) is 5.57. The Bertz CT molecular complexity index is 290. The zero-order valence-corrected chi connectivity index (χ0v) is 6.39. The number of anilines is 2. The first kappa shape index (κ1) is 6.54. The molecule has 2 rings (SSSR count). The third-order valence-corrected chi connectivity index (χ3v) is 2.22. The Morgan fingerprint density at radius 1 is 1.73 bits per heavy atom. The number of hydrogen-bond donors (Lipinski definition) is 1. The lowest BCUT2D eigenvalue weighted by Crippen LogP contribution is -2.06. The van der Waals surface area contributed by atoms with Gasteiger partial charge in [-0.2, -0.15) is 0 Å². The van der Waals surface area contributed by atoms with Gasteiger partial charge in [-0.3, -0.25) is 4.79 Å². The molecule has 0 unspecified atom stereocenters. The summed E-state index contributed by atoms with van der Waals surface area (Å²) in [4.78, 5) is 10.4. The van der Waals surface area contributed by atoms with Crippen LogP contribution in [0.3, 0.4) is 0 Å². The molecule has 1 aromatic rings. The van der Waals surface area contributed by atoms with E-state index in [9.17, 15) is 4.79 Å². The average molecular weight is 165 g/mol. The van der Waals surface area contributed by atoms with Gasteiger partial charge < -0.3 is 4.72 Å². The van der Waals surface area contributed by atoms with Crippen molar-refractivity contribution in [3.05, 3.63) is 24.3 Å². The molecule has 1 radical (unpaired) electrons. The topological polar surface area (TPSA) is 32.3 Å². The second-order valence-electron chi connectivity index (χ2n) is 2.07. The van der Waals surface area contributed by atoms with Gasteiger partial charge in [0.2, 0.25) is 6.41 Å². The minimum absolute atomic E-state index is 0.781. The van der Waals surface area contributed by atoms with Gasteiger partial charge in [0.05, 0.1) is 23.5 Å². The Morgan fingerprint density at radius 2 is 2.64 bits per heavy atom. The molecule has 4 heteroatoms. The molecule has 11 heavy (non-hydrogen) atoms. The normalized spacial score (nSPS) is 14.0.